The summed E-state index contributed by atoms with van der Waals surface area (Å²) in [7, 11) is 0. The lowest BCUT2D eigenvalue weighted by atomic mass is 10.2. The fourth-order valence-corrected chi connectivity index (χ4v) is 2.86. The number of imide groups is 1. The maximum Gasteiger partial charge on any atom is 0.259 e. The number of unbranched alkanes of at least 4 members (excludes halogenated alkanes) is 1. The third-order valence-electron chi connectivity index (χ3n) is 4.30. The van der Waals surface area contributed by atoms with E-state index in [0.29, 0.717) is 23.7 Å². The Labute approximate surface area is 152 Å². The number of hydroxylamine groups is 1. The van der Waals surface area contributed by atoms with E-state index in [1.54, 1.807) is 48.5 Å². The Hall–Kier alpha value is -2.86. The quantitative estimate of drug-likeness (QED) is 0.469. The van der Waals surface area contributed by atoms with Crippen molar-refractivity contribution in [2.24, 2.45) is 0 Å². The number of nitrogens with zero attached hydrogens (tertiary/aromatic N) is 2. The molecule has 1 heterocycles. The van der Waals surface area contributed by atoms with Gasteiger partial charge < -0.3 is 4.74 Å². The molecular formula is C20H22N2O4. The average Bonchev–Trinajstić information content (AvgIpc) is 2.97. The summed E-state index contributed by atoms with van der Waals surface area (Å²) in [5, 5.41) is 11.2. The molecule has 1 fully saturated rings. The molecule has 0 aliphatic carbocycles. The highest BCUT2D eigenvalue weighted by Crippen LogP contribution is 2.28. The minimum atomic E-state index is -0.926. The molecule has 136 valence electrons. The highest BCUT2D eigenvalue weighted by Gasteiger charge is 2.43. The van der Waals surface area contributed by atoms with Crippen LogP contribution in [0.2, 0.25) is 0 Å². The van der Waals surface area contributed by atoms with Crippen LogP contribution < -0.4 is 14.7 Å². The Balaban J connectivity index is 1.73. The molecule has 0 unspecified atom stereocenters. The Bertz CT molecular complexity index is 761. The van der Waals surface area contributed by atoms with Gasteiger partial charge in [0.1, 0.15) is 11.8 Å². The molecule has 6 heteroatoms. The third kappa shape index (κ3) is 3.70. The smallest absolute Gasteiger partial charge is 0.259 e. The Morgan fingerprint density at radius 2 is 1.81 bits per heavy atom. The minimum absolute atomic E-state index is 0.0705. The van der Waals surface area contributed by atoms with Crippen LogP contribution in [0, 0.1) is 0 Å². The molecule has 0 aromatic heterocycles. The van der Waals surface area contributed by atoms with Crippen molar-refractivity contribution in [1.82, 2.24) is 0 Å². The van der Waals surface area contributed by atoms with Crippen molar-refractivity contribution in [3.8, 4) is 5.75 Å². The van der Waals surface area contributed by atoms with Crippen molar-refractivity contribution in [2.75, 3.05) is 16.6 Å². The number of hydrogen-bond acceptors (Lipinski definition) is 5. The van der Waals surface area contributed by atoms with E-state index < -0.39 is 11.9 Å². The van der Waals surface area contributed by atoms with Gasteiger partial charge in [-0.05, 0) is 42.8 Å². The summed E-state index contributed by atoms with van der Waals surface area (Å²) in [6.45, 7) is 2.73. The van der Waals surface area contributed by atoms with E-state index in [-0.39, 0.29) is 12.3 Å². The van der Waals surface area contributed by atoms with Gasteiger partial charge in [0.15, 0.2) is 0 Å². The fraction of sp³-hybridized carbons (Fsp3) is 0.300. The zero-order valence-electron chi connectivity index (χ0n) is 14.7. The highest BCUT2D eigenvalue weighted by molar-refractivity contribution is 6.23. The van der Waals surface area contributed by atoms with Gasteiger partial charge >= 0.3 is 0 Å². The van der Waals surface area contributed by atoms with Gasteiger partial charge in [-0.25, -0.2) is 9.96 Å². The molecule has 1 N–H and O–H groups in total. The molecule has 0 spiro atoms. The van der Waals surface area contributed by atoms with E-state index in [4.69, 9.17) is 4.74 Å². The molecule has 6 nitrogen and oxygen atoms in total. The van der Waals surface area contributed by atoms with Crippen LogP contribution in [0.4, 0.5) is 11.4 Å². The van der Waals surface area contributed by atoms with Crippen LogP contribution in [-0.2, 0) is 9.59 Å². The first kappa shape index (κ1) is 17.9. The summed E-state index contributed by atoms with van der Waals surface area (Å²) >= 11 is 0. The summed E-state index contributed by atoms with van der Waals surface area (Å²) in [6.07, 6.45) is 1.95. The second-order valence-corrected chi connectivity index (χ2v) is 6.16. The van der Waals surface area contributed by atoms with E-state index in [0.717, 1.165) is 22.8 Å². The maximum atomic E-state index is 12.7. The molecule has 1 atom stereocenters. The van der Waals surface area contributed by atoms with E-state index in [1.165, 1.54) is 0 Å². The molecule has 0 saturated carbocycles. The van der Waals surface area contributed by atoms with Crippen LogP contribution in [0.1, 0.15) is 26.2 Å². The van der Waals surface area contributed by atoms with Gasteiger partial charge in [-0.2, -0.15) is 0 Å². The summed E-state index contributed by atoms with van der Waals surface area (Å²) in [4.78, 5) is 26.2. The van der Waals surface area contributed by atoms with Gasteiger partial charge in [-0.15, -0.1) is 0 Å². The average molecular weight is 354 g/mol. The van der Waals surface area contributed by atoms with Crippen LogP contribution in [0.15, 0.2) is 54.6 Å². The van der Waals surface area contributed by atoms with E-state index >= 15 is 0 Å². The van der Waals surface area contributed by atoms with Crippen LogP contribution in [0.5, 0.6) is 5.75 Å². The SMILES string of the molecule is CCCCOc1ccc(N2C(=O)C[C@H](N(O)c3ccccc3)C2=O)cc1. The Kier molecular flexibility index (Phi) is 5.53. The van der Waals surface area contributed by atoms with Crippen LogP contribution >= 0.6 is 0 Å². The van der Waals surface area contributed by atoms with E-state index in [9.17, 15) is 14.8 Å². The maximum absolute atomic E-state index is 12.7. The Morgan fingerprint density at radius 3 is 2.46 bits per heavy atom. The lowest BCUT2D eigenvalue weighted by molar-refractivity contribution is -0.121. The summed E-state index contributed by atoms with van der Waals surface area (Å²) in [5.41, 5.74) is 0.951. The number of para-hydroxylation sites is 1. The zero-order chi connectivity index (χ0) is 18.5. The molecule has 0 radical (unpaired) electrons. The molecule has 1 aliphatic rings. The van der Waals surface area contributed by atoms with Crippen molar-refractivity contribution >= 4 is 23.2 Å². The fourth-order valence-electron chi connectivity index (χ4n) is 2.86. The van der Waals surface area contributed by atoms with Crippen molar-refractivity contribution in [2.45, 2.75) is 32.2 Å². The second kappa shape index (κ2) is 8.01. The normalized spacial score (nSPS) is 16.8. The number of anilines is 2. The number of benzene rings is 2. The topological polar surface area (TPSA) is 70.1 Å². The molecule has 0 bridgehead atoms. The van der Waals surface area contributed by atoms with Gasteiger partial charge in [0, 0.05) is 0 Å². The molecule has 26 heavy (non-hydrogen) atoms. The van der Waals surface area contributed by atoms with Crippen molar-refractivity contribution in [3.63, 3.8) is 0 Å². The van der Waals surface area contributed by atoms with Crippen LogP contribution in [0.25, 0.3) is 0 Å². The number of amides is 2. The van der Waals surface area contributed by atoms with Crippen molar-refractivity contribution in [3.05, 3.63) is 54.6 Å². The van der Waals surface area contributed by atoms with Gasteiger partial charge in [0.2, 0.25) is 5.91 Å². The molecule has 2 aromatic carbocycles. The number of carbonyl (C=O) groups is 2. The largest absolute Gasteiger partial charge is 0.494 e. The first-order chi connectivity index (χ1) is 12.6. The van der Waals surface area contributed by atoms with Gasteiger partial charge in [0.05, 0.1) is 24.4 Å². The van der Waals surface area contributed by atoms with Gasteiger partial charge in [-0.3, -0.25) is 14.8 Å². The third-order valence-corrected chi connectivity index (χ3v) is 4.30. The second-order valence-electron chi connectivity index (χ2n) is 6.16. The zero-order valence-corrected chi connectivity index (χ0v) is 14.7. The van der Waals surface area contributed by atoms with Crippen LogP contribution in [-0.4, -0.2) is 29.7 Å². The van der Waals surface area contributed by atoms with E-state index in [1.807, 2.05) is 6.07 Å². The monoisotopic (exact) mass is 354 g/mol. The van der Waals surface area contributed by atoms with E-state index in [2.05, 4.69) is 6.92 Å². The molecule has 1 saturated heterocycles. The number of hydrogen-bond donors (Lipinski definition) is 1. The number of carbonyl (C=O) groups excluding carboxylic acids is 2. The highest BCUT2D eigenvalue weighted by atomic mass is 16.5. The lowest BCUT2D eigenvalue weighted by Gasteiger charge is -2.22. The number of rotatable bonds is 7. The standard InChI is InChI=1S/C20H22N2O4/c1-2-3-13-26-17-11-9-15(10-12-17)21-19(23)14-18(20(21)24)22(25)16-7-5-4-6-8-16/h4-12,18,25H,2-3,13-14H2,1H3/t18-/m0/s1. The van der Waals surface area contributed by atoms with Gasteiger partial charge in [0.25, 0.3) is 5.91 Å². The molecule has 2 amide bonds. The predicted octanol–water partition coefficient (Wildman–Crippen LogP) is 3.39. The Morgan fingerprint density at radius 1 is 1.12 bits per heavy atom. The minimum Gasteiger partial charge on any atom is -0.494 e. The van der Waals surface area contributed by atoms with Gasteiger partial charge in [-0.1, -0.05) is 31.5 Å². The predicted molar refractivity (Wildman–Crippen MR) is 98.5 cm³/mol. The first-order valence-corrected chi connectivity index (χ1v) is 8.74. The molecular weight excluding hydrogens is 332 g/mol. The van der Waals surface area contributed by atoms with Crippen molar-refractivity contribution in [1.29, 1.82) is 0 Å². The summed E-state index contributed by atoms with van der Waals surface area (Å²) < 4.78 is 5.60. The van der Waals surface area contributed by atoms with Crippen molar-refractivity contribution < 1.29 is 19.5 Å². The molecule has 3 rings (SSSR count). The molecule has 1 aliphatic heterocycles. The van der Waals surface area contributed by atoms with Crippen LogP contribution in [0.3, 0.4) is 0 Å². The first-order valence-electron chi connectivity index (χ1n) is 8.74. The summed E-state index contributed by atoms with van der Waals surface area (Å²) in [6, 6.07) is 14.6. The summed E-state index contributed by atoms with van der Waals surface area (Å²) in [5.74, 6) is -0.0819. The lowest BCUT2D eigenvalue weighted by Crippen LogP contribution is -2.40. The number of ether oxygens (including phenoxy) is 1. The molecule has 2 aromatic rings.